The molecule has 6 nitrogen and oxygen atoms in total. The highest BCUT2D eigenvalue weighted by atomic mass is 19.4. The van der Waals surface area contributed by atoms with Crippen LogP contribution >= 0.6 is 0 Å². The molecule has 2 aromatic heterocycles. The molecule has 0 amide bonds. The summed E-state index contributed by atoms with van der Waals surface area (Å²) in [5.74, 6) is 0.376. The number of benzene rings is 2. The lowest BCUT2D eigenvalue weighted by Crippen LogP contribution is -2.29. The molecule has 0 fully saturated rings. The van der Waals surface area contributed by atoms with Gasteiger partial charge in [-0.05, 0) is 72.9 Å². The highest BCUT2D eigenvalue weighted by molar-refractivity contribution is 5.63. The lowest BCUT2D eigenvalue weighted by molar-refractivity contribution is -0.137. The molecule has 2 aromatic carbocycles. The summed E-state index contributed by atoms with van der Waals surface area (Å²) < 4.78 is 48.3. The van der Waals surface area contributed by atoms with E-state index < -0.39 is 22.9 Å². The number of hydrogen-bond acceptors (Lipinski definition) is 5. The minimum atomic E-state index is -4.87. The van der Waals surface area contributed by atoms with Crippen LogP contribution in [0.15, 0.2) is 65.7 Å². The Bertz CT molecular complexity index is 1530. The third-order valence-electron chi connectivity index (χ3n) is 5.99. The lowest BCUT2D eigenvalue weighted by atomic mass is 10.0. The molecule has 4 aromatic rings. The molecule has 0 aliphatic rings. The summed E-state index contributed by atoms with van der Waals surface area (Å²) in [4.78, 5) is 21.5. The molecular weight excluding hydrogens is 481 g/mol. The van der Waals surface area contributed by atoms with E-state index >= 15 is 0 Å². The zero-order valence-electron chi connectivity index (χ0n) is 20.4. The maximum atomic E-state index is 13.8. The zero-order chi connectivity index (χ0) is 26.7. The summed E-state index contributed by atoms with van der Waals surface area (Å²) >= 11 is 0. The maximum absolute atomic E-state index is 13.8. The van der Waals surface area contributed by atoms with E-state index in [1.54, 1.807) is 36.7 Å². The predicted octanol–water partition coefficient (Wildman–Crippen LogP) is 6.22. The van der Waals surface area contributed by atoms with E-state index in [1.807, 2.05) is 39.0 Å². The van der Waals surface area contributed by atoms with Crippen molar-refractivity contribution < 1.29 is 17.9 Å². The number of nitriles is 1. The van der Waals surface area contributed by atoms with Gasteiger partial charge in [0.2, 0.25) is 0 Å². The number of alkyl halides is 3. The second kappa shape index (κ2) is 10.3. The van der Waals surface area contributed by atoms with Gasteiger partial charge in [0.15, 0.2) is 0 Å². The van der Waals surface area contributed by atoms with Gasteiger partial charge in [-0.3, -0.25) is 4.79 Å². The smallest absolute Gasteiger partial charge is 0.417 e. The third kappa shape index (κ3) is 5.54. The fourth-order valence-electron chi connectivity index (χ4n) is 3.95. The monoisotopic (exact) mass is 504 g/mol. The van der Waals surface area contributed by atoms with Crippen LogP contribution in [-0.2, 0) is 19.1 Å². The first-order valence-electron chi connectivity index (χ1n) is 11.5. The average molecular weight is 505 g/mol. The first kappa shape index (κ1) is 25.6. The molecule has 0 N–H and O–H groups in total. The Morgan fingerprint density at radius 1 is 1.03 bits per heavy atom. The van der Waals surface area contributed by atoms with E-state index in [1.165, 1.54) is 10.6 Å². The zero-order valence-corrected chi connectivity index (χ0v) is 20.4. The number of hydrogen-bond donors (Lipinski definition) is 0. The summed E-state index contributed by atoms with van der Waals surface area (Å²) in [6.07, 6.45) is -0.790. The Balaban J connectivity index is 1.80. The second-order valence-electron chi connectivity index (χ2n) is 8.60. The van der Waals surface area contributed by atoms with Crippen LogP contribution in [0, 0.1) is 25.2 Å². The van der Waals surface area contributed by atoms with Gasteiger partial charge < -0.3 is 9.30 Å². The number of aryl methyl sites for hydroxylation is 3. The quantitative estimate of drug-likeness (QED) is 0.312. The lowest BCUT2D eigenvalue weighted by Gasteiger charge is -2.19. The van der Waals surface area contributed by atoms with Crippen LogP contribution in [0.2, 0.25) is 0 Å². The number of nitrogens with zero attached hydrogens (tertiary/aromatic N) is 4. The standard InChI is InChI=1S/C28H23F3N4O2/c1-4-19-14-33-27(34-15-19)37-22-9-7-20(8-10-22)25-12-24(28(29,30)31)23(13-32)26(36)35(25)16-21-6-5-17(2)11-18(21)3/h5-12,14-15H,4,16H2,1-3H3. The van der Waals surface area contributed by atoms with E-state index in [4.69, 9.17) is 4.74 Å². The molecule has 0 radical (unpaired) electrons. The Morgan fingerprint density at radius 2 is 1.70 bits per heavy atom. The molecule has 0 saturated heterocycles. The molecule has 2 heterocycles. The van der Waals surface area contributed by atoms with Crippen LogP contribution in [0.25, 0.3) is 11.3 Å². The number of pyridine rings is 1. The molecule has 0 spiro atoms. The van der Waals surface area contributed by atoms with Crippen molar-refractivity contribution in [2.75, 3.05) is 0 Å². The van der Waals surface area contributed by atoms with Crippen LogP contribution in [0.1, 0.15) is 40.3 Å². The predicted molar refractivity (Wildman–Crippen MR) is 132 cm³/mol. The van der Waals surface area contributed by atoms with Crippen molar-refractivity contribution >= 4 is 0 Å². The molecule has 0 aliphatic heterocycles. The highest BCUT2D eigenvalue weighted by Gasteiger charge is 2.36. The maximum Gasteiger partial charge on any atom is 0.417 e. The third-order valence-corrected chi connectivity index (χ3v) is 5.99. The van der Waals surface area contributed by atoms with Gasteiger partial charge in [0.1, 0.15) is 17.4 Å². The number of rotatable bonds is 6. The first-order valence-corrected chi connectivity index (χ1v) is 11.5. The summed E-state index contributed by atoms with van der Waals surface area (Å²) in [5, 5.41) is 9.42. The van der Waals surface area contributed by atoms with E-state index in [2.05, 4.69) is 9.97 Å². The van der Waals surface area contributed by atoms with Crippen molar-refractivity contribution in [3.8, 4) is 29.1 Å². The van der Waals surface area contributed by atoms with Crippen molar-refractivity contribution in [1.29, 1.82) is 5.26 Å². The minimum Gasteiger partial charge on any atom is -0.424 e. The average Bonchev–Trinajstić information content (AvgIpc) is 2.86. The first-order chi connectivity index (χ1) is 17.6. The topological polar surface area (TPSA) is 80.8 Å². The van der Waals surface area contributed by atoms with Crippen molar-refractivity contribution in [2.24, 2.45) is 0 Å². The molecule has 0 unspecified atom stereocenters. The normalized spacial score (nSPS) is 11.3. The van der Waals surface area contributed by atoms with Crippen LogP contribution in [0.5, 0.6) is 11.8 Å². The molecule has 188 valence electrons. The molecule has 4 rings (SSSR count). The van der Waals surface area contributed by atoms with Crippen molar-refractivity contribution in [3.63, 3.8) is 0 Å². The molecule has 0 atom stereocenters. The Kier molecular flexibility index (Phi) is 7.11. The Hall–Kier alpha value is -4.45. The van der Waals surface area contributed by atoms with E-state index in [0.717, 1.165) is 34.7 Å². The summed E-state index contributed by atoms with van der Waals surface area (Å²) in [7, 11) is 0. The SMILES string of the molecule is CCc1cnc(Oc2ccc(-c3cc(C(F)(F)F)c(C#N)c(=O)n3Cc3ccc(C)cc3C)cc2)nc1. The summed E-state index contributed by atoms with van der Waals surface area (Å²) in [5.41, 5.74) is 0.785. The van der Waals surface area contributed by atoms with Gasteiger partial charge in [0.25, 0.3) is 5.56 Å². The number of ether oxygens (including phenoxy) is 1. The van der Waals surface area contributed by atoms with E-state index in [0.29, 0.717) is 11.3 Å². The van der Waals surface area contributed by atoms with Gasteiger partial charge in [-0.2, -0.15) is 18.4 Å². The van der Waals surface area contributed by atoms with E-state index in [9.17, 15) is 23.2 Å². The minimum absolute atomic E-state index is 0.00294. The molecular formula is C28H23F3N4O2. The molecule has 37 heavy (non-hydrogen) atoms. The molecule has 0 saturated carbocycles. The Labute approximate surface area is 211 Å². The fourth-order valence-corrected chi connectivity index (χ4v) is 3.95. The number of aromatic nitrogens is 3. The van der Waals surface area contributed by atoms with Crippen molar-refractivity contribution in [1.82, 2.24) is 14.5 Å². The van der Waals surface area contributed by atoms with E-state index in [-0.39, 0.29) is 18.2 Å². The van der Waals surface area contributed by atoms with Crippen molar-refractivity contribution in [3.05, 3.63) is 105 Å². The molecule has 0 bridgehead atoms. The van der Waals surface area contributed by atoms with Gasteiger partial charge >= 0.3 is 12.2 Å². The van der Waals surface area contributed by atoms with Gasteiger partial charge in [0.05, 0.1) is 17.8 Å². The van der Waals surface area contributed by atoms with Crippen LogP contribution in [0.3, 0.4) is 0 Å². The summed E-state index contributed by atoms with van der Waals surface area (Å²) in [6, 6.07) is 14.3. The fraction of sp³-hybridized carbons (Fsp3) is 0.214. The van der Waals surface area contributed by atoms with Gasteiger partial charge in [-0.15, -0.1) is 0 Å². The van der Waals surface area contributed by atoms with Gasteiger partial charge in [-0.25, -0.2) is 9.97 Å². The van der Waals surface area contributed by atoms with Gasteiger partial charge in [0, 0.05) is 12.4 Å². The van der Waals surface area contributed by atoms with Crippen LogP contribution in [0.4, 0.5) is 13.2 Å². The van der Waals surface area contributed by atoms with Gasteiger partial charge in [-0.1, -0.05) is 30.7 Å². The molecule has 9 heteroatoms. The highest BCUT2D eigenvalue weighted by Crippen LogP contribution is 2.34. The van der Waals surface area contributed by atoms with Crippen molar-refractivity contribution in [2.45, 2.75) is 39.9 Å². The van der Waals surface area contributed by atoms with Crippen LogP contribution < -0.4 is 10.3 Å². The second-order valence-corrected chi connectivity index (χ2v) is 8.60. The van der Waals surface area contributed by atoms with Crippen LogP contribution in [-0.4, -0.2) is 14.5 Å². The molecule has 0 aliphatic carbocycles. The Morgan fingerprint density at radius 3 is 2.27 bits per heavy atom. The largest absolute Gasteiger partial charge is 0.424 e. The summed E-state index contributed by atoms with van der Waals surface area (Å²) in [6.45, 7) is 5.77. The number of halogens is 3.